The summed E-state index contributed by atoms with van der Waals surface area (Å²) in [6.45, 7) is 4.31. The third-order valence-corrected chi connectivity index (χ3v) is 3.89. The van der Waals surface area contributed by atoms with Crippen molar-refractivity contribution < 1.29 is 13.2 Å². The standard InChI is InChI=1S/C14H17F3N6/c1-8-5-11(20-9(2)19-8)18-7-13-22-21-12-6-10(14(15,16)17)3-4-23(12)13/h5,10H,3-4,6-7H2,1-2H3,(H,18,19,20). The van der Waals surface area contributed by atoms with E-state index in [9.17, 15) is 13.2 Å². The van der Waals surface area contributed by atoms with Gasteiger partial charge in [-0.3, -0.25) is 0 Å². The molecule has 0 spiro atoms. The Balaban J connectivity index is 1.70. The number of fused-ring (bicyclic) bond motifs is 1. The van der Waals surface area contributed by atoms with Crippen LogP contribution in [0.25, 0.3) is 0 Å². The molecular formula is C14H17F3N6. The summed E-state index contributed by atoms with van der Waals surface area (Å²) in [5.74, 6) is 1.01. The van der Waals surface area contributed by atoms with Crippen LogP contribution < -0.4 is 5.32 Å². The van der Waals surface area contributed by atoms with Crippen molar-refractivity contribution in [1.29, 1.82) is 0 Å². The summed E-state index contributed by atoms with van der Waals surface area (Å²) in [6, 6.07) is 1.81. The molecule has 9 heteroatoms. The number of aromatic nitrogens is 5. The third-order valence-electron chi connectivity index (χ3n) is 3.89. The number of hydrogen-bond acceptors (Lipinski definition) is 5. The Morgan fingerprint density at radius 3 is 2.74 bits per heavy atom. The summed E-state index contributed by atoms with van der Waals surface area (Å²) in [6.07, 6.45) is -4.22. The van der Waals surface area contributed by atoms with Crippen molar-refractivity contribution in [2.45, 2.75) is 46.0 Å². The monoisotopic (exact) mass is 326 g/mol. The van der Waals surface area contributed by atoms with E-state index in [-0.39, 0.29) is 19.4 Å². The summed E-state index contributed by atoms with van der Waals surface area (Å²) in [5.41, 5.74) is 0.844. The van der Waals surface area contributed by atoms with Gasteiger partial charge < -0.3 is 9.88 Å². The maximum atomic E-state index is 12.8. The van der Waals surface area contributed by atoms with E-state index in [0.717, 1.165) is 5.69 Å². The lowest BCUT2D eigenvalue weighted by molar-refractivity contribution is -0.179. The fourth-order valence-electron chi connectivity index (χ4n) is 2.78. The highest BCUT2D eigenvalue weighted by molar-refractivity contribution is 5.35. The molecule has 0 aromatic carbocycles. The van der Waals surface area contributed by atoms with E-state index >= 15 is 0 Å². The summed E-state index contributed by atoms with van der Waals surface area (Å²) in [5, 5.41) is 11.0. The highest BCUT2D eigenvalue weighted by atomic mass is 19.4. The van der Waals surface area contributed by atoms with E-state index in [4.69, 9.17) is 0 Å². The molecule has 0 aliphatic carbocycles. The number of anilines is 1. The molecule has 1 unspecified atom stereocenters. The van der Waals surface area contributed by atoms with Gasteiger partial charge in [0.05, 0.1) is 12.5 Å². The average Bonchev–Trinajstić information content (AvgIpc) is 2.85. The number of nitrogens with zero attached hydrogens (tertiary/aromatic N) is 5. The van der Waals surface area contributed by atoms with Crippen LogP contribution in [-0.4, -0.2) is 30.9 Å². The van der Waals surface area contributed by atoms with Crippen LogP contribution in [-0.2, 0) is 19.5 Å². The maximum Gasteiger partial charge on any atom is 0.392 e. The Kier molecular flexibility index (Phi) is 3.95. The highest BCUT2D eigenvalue weighted by Gasteiger charge is 2.42. The summed E-state index contributed by atoms with van der Waals surface area (Å²) in [4.78, 5) is 8.45. The van der Waals surface area contributed by atoms with Gasteiger partial charge in [-0.25, -0.2) is 9.97 Å². The van der Waals surface area contributed by atoms with E-state index in [0.29, 0.717) is 29.8 Å². The van der Waals surface area contributed by atoms with Crippen LogP contribution in [0, 0.1) is 19.8 Å². The van der Waals surface area contributed by atoms with Gasteiger partial charge in [-0.2, -0.15) is 13.2 Å². The smallest absolute Gasteiger partial charge is 0.363 e. The fourth-order valence-corrected chi connectivity index (χ4v) is 2.78. The molecule has 124 valence electrons. The minimum absolute atomic E-state index is 0.0628. The van der Waals surface area contributed by atoms with Gasteiger partial charge in [-0.1, -0.05) is 0 Å². The van der Waals surface area contributed by atoms with Crippen molar-refractivity contribution in [3.8, 4) is 0 Å². The predicted molar refractivity (Wildman–Crippen MR) is 76.7 cm³/mol. The van der Waals surface area contributed by atoms with Gasteiger partial charge in [-0.15, -0.1) is 10.2 Å². The van der Waals surface area contributed by atoms with Crippen LogP contribution in [0.4, 0.5) is 19.0 Å². The molecule has 0 saturated carbocycles. The second-order valence-corrected chi connectivity index (χ2v) is 5.71. The molecule has 1 aliphatic heterocycles. The summed E-state index contributed by atoms with van der Waals surface area (Å²) >= 11 is 0. The molecule has 6 nitrogen and oxygen atoms in total. The summed E-state index contributed by atoms with van der Waals surface area (Å²) in [7, 11) is 0. The van der Waals surface area contributed by atoms with Crippen molar-refractivity contribution in [3.05, 3.63) is 29.2 Å². The van der Waals surface area contributed by atoms with Crippen LogP contribution in [0.15, 0.2) is 6.07 Å². The largest absolute Gasteiger partial charge is 0.392 e. The molecule has 0 bridgehead atoms. The third kappa shape index (κ3) is 3.43. The zero-order valence-corrected chi connectivity index (χ0v) is 12.9. The Bertz CT molecular complexity index is 689. The Morgan fingerprint density at radius 2 is 2.04 bits per heavy atom. The Morgan fingerprint density at radius 1 is 1.26 bits per heavy atom. The molecule has 0 fully saturated rings. The molecule has 3 heterocycles. The van der Waals surface area contributed by atoms with Gasteiger partial charge in [0, 0.05) is 24.7 Å². The van der Waals surface area contributed by atoms with E-state index in [1.807, 2.05) is 6.92 Å². The molecule has 2 aromatic heterocycles. The highest BCUT2D eigenvalue weighted by Crippen LogP contribution is 2.34. The quantitative estimate of drug-likeness (QED) is 0.938. The summed E-state index contributed by atoms with van der Waals surface area (Å²) < 4.78 is 40.2. The van der Waals surface area contributed by atoms with Gasteiger partial charge in [0.2, 0.25) is 0 Å². The number of alkyl halides is 3. The van der Waals surface area contributed by atoms with Gasteiger partial charge in [0.15, 0.2) is 5.82 Å². The molecule has 0 saturated heterocycles. The molecule has 0 amide bonds. The molecular weight excluding hydrogens is 309 g/mol. The predicted octanol–water partition coefficient (Wildman–Crippen LogP) is 2.42. The van der Waals surface area contributed by atoms with E-state index in [1.54, 1.807) is 17.6 Å². The Hall–Kier alpha value is -2.19. The van der Waals surface area contributed by atoms with Gasteiger partial charge in [-0.05, 0) is 20.3 Å². The fraction of sp³-hybridized carbons (Fsp3) is 0.571. The zero-order chi connectivity index (χ0) is 16.6. The number of aryl methyl sites for hydroxylation is 2. The first-order valence-corrected chi connectivity index (χ1v) is 7.37. The van der Waals surface area contributed by atoms with Crippen molar-refractivity contribution in [2.24, 2.45) is 5.92 Å². The van der Waals surface area contributed by atoms with Crippen molar-refractivity contribution >= 4 is 5.82 Å². The number of nitrogens with one attached hydrogen (secondary N) is 1. The average molecular weight is 326 g/mol. The van der Waals surface area contributed by atoms with E-state index < -0.39 is 12.1 Å². The lowest BCUT2D eigenvalue weighted by atomic mass is 9.97. The van der Waals surface area contributed by atoms with Crippen molar-refractivity contribution in [2.75, 3.05) is 5.32 Å². The first-order valence-electron chi connectivity index (χ1n) is 7.37. The number of halogens is 3. The van der Waals surface area contributed by atoms with Crippen molar-refractivity contribution in [3.63, 3.8) is 0 Å². The van der Waals surface area contributed by atoms with Gasteiger partial charge in [0.1, 0.15) is 17.5 Å². The maximum absolute atomic E-state index is 12.8. The molecule has 2 aromatic rings. The van der Waals surface area contributed by atoms with Crippen LogP contribution in [0.2, 0.25) is 0 Å². The number of rotatable bonds is 3. The first kappa shape index (κ1) is 15.7. The SMILES string of the molecule is Cc1cc(NCc2nnc3n2CCC(C(F)(F)F)C3)nc(C)n1. The molecule has 0 radical (unpaired) electrons. The molecule has 3 rings (SSSR count). The topological polar surface area (TPSA) is 68.5 Å². The normalized spacial score (nSPS) is 17.9. The van der Waals surface area contributed by atoms with Gasteiger partial charge in [0.25, 0.3) is 0 Å². The zero-order valence-electron chi connectivity index (χ0n) is 12.9. The minimum atomic E-state index is -4.17. The van der Waals surface area contributed by atoms with E-state index in [2.05, 4.69) is 25.5 Å². The second kappa shape index (κ2) is 5.78. The molecule has 1 aliphatic rings. The lowest BCUT2D eigenvalue weighted by Gasteiger charge is -2.25. The molecule has 23 heavy (non-hydrogen) atoms. The van der Waals surface area contributed by atoms with Crippen LogP contribution >= 0.6 is 0 Å². The number of hydrogen-bond donors (Lipinski definition) is 1. The van der Waals surface area contributed by atoms with Crippen molar-refractivity contribution in [1.82, 2.24) is 24.7 Å². The second-order valence-electron chi connectivity index (χ2n) is 5.71. The minimum Gasteiger partial charge on any atom is -0.363 e. The van der Waals surface area contributed by atoms with Crippen LogP contribution in [0.3, 0.4) is 0 Å². The Labute approximate surface area is 131 Å². The van der Waals surface area contributed by atoms with Gasteiger partial charge >= 0.3 is 6.18 Å². The lowest BCUT2D eigenvalue weighted by Crippen LogP contribution is -2.31. The molecule has 1 atom stereocenters. The van der Waals surface area contributed by atoms with Crippen LogP contribution in [0.5, 0.6) is 0 Å². The first-order chi connectivity index (χ1) is 10.8. The van der Waals surface area contributed by atoms with Crippen LogP contribution in [0.1, 0.15) is 29.6 Å². The molecule has 1 N–H and O–H groups in total. The van der Waals surface area contributed by atoms with E-state index in [1.165, 1.54) is 0 Å².